The van der Waals surface area contributed by atoms with E-state index in [1.807, 2.05) is 36.1 Å². The lowest BCUT2D eigenvalue weighted by atomic mass is 10.1. The summed E-state index contributed by atoms with van der Waals surface area (Å²) in [7, 11) is 0. The van der Waals surface area contributed by atoms with Crippen LogP contribution in [0.1, 0.15) is 42.7 Å². The smallest absolute Gasteiger partial charge is 0.247 e. The topological polar surface area (TPSA) is 57.2 Å². The predicted molar refractivity (Wildman–Crippen MR) is 87.2 cm³/mol. The number of nitrogens with zero attached hydrogens (tertiary/aromatic N) is 2. The van der Waals surface area contributed by atoms with E-state index in [1.165, 1.54) is 0 Å². The third kappa shape index (κ3) is 3.51. The maximum Gasteiger partial charge on any atom is 0.247 e. The molecule has 3 rings (SSSR count). The minimum absolute atomic E-state index is 0.0132. The molecule has 1 aromatic heterocycles. The van der Waals surface area contributed by atoms with E-state index in [1.54, 1.807) is 30.5 Å². The van der Waals surface area contributed by atoms with Crippen LogP contribution in [0.25, 0.3) is 6.08 Å². The van der Waals surface area contributed by atoms with Gasteiger partial charge >= 0.3 is 0 Å². The molecule has 1 aromatic carbocycles. The van der Waals surface area contributed by atoms with Gasteiger partial charge in [0, 0.05) is 12.1 Å². The Morgan fingerprint density at radius 3 is 2.65 bits per heavy atom. The van der Waals surface area contributed by atoms with Gasteiger partial charge in [0.1, 0.15) is 5.76 Å². The monoisotopic (exact) mass is 306 g/mol. The zero-order valence-electron chi connectivity index (χ0n) is 13.0. The van der Waals surface area contributed by atoms with Crippen LogP contribution in [0.15, 0.2) is 53.2 Å². The average molecular weight is 306 g/mol. The first-order chi connectivity index (χ1) is 11.2. The molecular formula is C19H18N2O2. The Morgan fingerprint density at radius 1 is 1.35 bits per heavy atom. The van der Waals surface area contributed by atoms with Crippen molar-refractivity contribution in [3.63, 3.8) is 0 Å². The van der Waals surface area contributed by atoms with Crippen LogP contribution < -0.4 is 0 Å². The van der Waals surface area contributed by atoms with Crippen molar-refractivity contribution < 1.29 is 9.21 Å². The molecular weight excluding hydrogens is 288 g/mol. The number of hydrogen-bond acceptors (Lipinski definition) is 3. The lowest BCUT2D eigenvalue weighted by Gasteiger charge is -2.26. The van der Waals surface area contributed by atoms with Crippen LogP contribution in [-0.4, -0.2) is 16.8 Å². The van der Waals surface area contributed by atoms with E-state index >= 15 is 0 Å². The van der Waals surface area contributed by atoms with Crippen molar-refractivity contribution in [2.24, 2.45) is 0 Å². The highest BCUT2D eigenvalue weighted by Gasteiger charge is 2.36. The molecule has 0 radical (unpaired) electrons. The highest BCUT2D eigenvalue weighted by Crippen LogP contribution is 2.34. The maximum absolute atomic E-state index is 12.6. The highest BCUT2D eigenvalue weighted by atomic mass is 16.3. The normalized spacial score (nSPS) is 15.3. The summed E-state index contributed by atoms with van der Waals surface area (Å²) in [6.07, 6.45) is 7.10. The molecule has 1 aliphatic rings. The third-order valence-electron chi connectivity index (χ3n) is 4.03. The Kier molecular flexibility index (Phi) is 4.29. The lowest BCUT2D eigenvalue weighted by molar-refractivity contribution is -0.129. The molecule has 1 amide bonds. The minimum Gasteiger partial charge on any atom is -0.467 e. The summed E-state index contributed by atoms with van der Waals surface area (Å²) in [6.45, 7) is 1.99. The van der Waals surface area contributed by atoms with Crippen molar-refractivity contribution in [3.8, 4) is 6.07 Å². The van der Waals surface area contributed by atoms with Crippen molar-refractivity contribution in [2.45, 2.75) is 31.8 Å². The summed E-state index contributed by atoms with van der Waals surface area (Å²) < 4.78 is 5.44. The van der Waals surface area contributed by atoms with Crippen molar-refractivity contribution in [1.82, 2.24) is 4.90 Å². The maximum atomic E-state index is 12.6. The lowest BCUT2D eigenvalue weighted by Crippen LogP contribution is -2.34. The molecule has 0 unspecified atom stereocenters. The first-order valence-corrected chi connectivity index (χ1v) is 7.73. The fraction of sp³-hybridized carbons (Fsp3) is 0.263. The molecule has 4 nitrogen and oxygen atoms in total. The van der Waals surface area contributed by atoms with Gasteiger partial charge in [-0.25, -0.2) is 0 Å². The molecule has 0 bridgehead atoms. The summed E-state index contributed by atoms with van der Waals surface area (Å²) in [5.74, 6) is 0.790. The van der Waals surface area contributed by atoms with Gasteiger partial charge in [-0.15, -0.1) is 0 Å². The van der Waals surface area contributed by atoms with Crippen LogP contribution in [0.5, 0.6) is 0 Å². The van der Waals surface area contributed by atoms with Gasteiger partial charge in [-0.3, -0.25) is 4.79 Å². The van der Waals surface area contributed by atoms with Crippen molar-refractivity contribution in [2.75, 3.05) is 0 Å². The zero-order chi connectivity index (χ0) is 16.2. The molecule has 0 N–H and O–H groups in total. The minimum atomic E-state index is -0.0735. The summed E-state index contributed by atoms with van der Waals surface area (Å²) >= 11 is 0. The quantitative estimate of drug-likeness (QED) is 0.787. The predicted octanol–water partition coefficient (Wildman–Crippen LogP) is 3.92. The zero-order valence-corrected chi connectivity index (χ0v) is 13.0. The summed E-state index contributed by atoms with van der Waals surface area (Å²) in [4.78, 5) is 14.5. The molecule has 1 atom stereocenters. The van der Waals surface area contributed by atoms with E-state index in [-0.39, 0.29) is 11.9 Å². The van der Waals surface area contributed by atoms with Gasteiger partial charge in [-0.2, -0.15) is 5.26 Å². The largest absolute Gasteiger partial charge is 0.467 e. The number of rotatable bonds is 5. The first kappa shape index (κ1) is 15.1. The third-order valence-corrected chi connectivity index (χ3v) is 4.03. The van der Waals surface area contributed by atoms with E-state index < -0.39 is 0 Å². The van der Waals surface area contributed by atoms with Crippen LogP contribution in [0.3, 0.4) is 0 Å². The van der Waals surface area contributed by atoms with Gasteiger partial charge in [0.15, 0.2) is 0 Å². The van der Waals surface area contributed by atoms with Crippen LogP contribution in [-0.2, 0) is 4.79 Å². The molecule has 116 valence electrons. The Bertz CT molecular complexity index is 735. The van der Waals surface area contributed by atoms with Crippen LogP contribution in [0, 0.1) is 11.3 Å². The molecule has 1 heterocycles. The second-order valence-corrected chi connectivity index (χ2v) is 5.74. The molecule has 1 saturated carbocycles. The molecule has 23 heavy (non-hydrogen) atoms. The molecule has 1 fully saturated rings. The van der Waals surface area contributed by atoms with Gasteiger partial charge in [0.25, 0.3) is 0 Å². The fourth-order valence-electron chi connectivity index (χ4n) is 2.63. The summed E-state index contributed by atoms with van der Waals surface area (Å²) in [5, 5.41) is 8.80. The van der Waals surface area contributed by atoms with Crippen LogP contribution in [0.2, 0.25) is 0 Å². The second kappa shape index (κ2) is 6.53. The highest BCUT2D eigenvalue weighted by molar-refractivity contribution is 5.92. The van der Waals surface area contributed by atoms with Crippen LogP contribution >= 0.6 is 0 Å². The number of nitriles is 1. The van der Waals surface area contributed by atoms with Gasteiger partial charge in [0.2, 0.25) is 5.91 Å². The Labute approximate surface area is 135 Å². The number of carbonyl (C=O) groups excluding carboxylic acids is 1. The molecule has 1 aliphatic carbocycles. The molecule has 4 heteroatoms. The molecule has 0 spiro atoms. The van der Waals surface area contributed by atoms with E-state index in [0.29, 0.717) is 11.6 Å². The van der Waals surface area contributed by atoms with E-state index in [4.69, 9.17) is 9.68 Å². The summed E-state index contributed by atoms with van der Waals surface area (Å²) in [6, 6.07) is 13.2. The number of carbonyl (C=O) groups is 1. The standard InChI is InChI=1S/C19H18N2O2/c1-14(18-3-2-12-23-18)21(17-9-10-17)19(22)11-8-15-4-6-16(13-20)7-5-15/h2-8,11-12,14,17H,9-10H2,1H3/b11-8-/t14-/m1/s1. The summed E-state index contributed by atoms with van der Waals surface area (Å²) in [5.41, 5.74) is 1.51. The van der Waals surface area contributed by atoms with Crippen molar-refractivity contribution in [1.29, 1.82) is 5.26 Å². The van der Waals surface area contributed by atoms with Crippen molar-refractivity contribution >= 4 is 12.0 Å². The average Bonchev–Trinajstić information content (AvgIpc) is 3.25. The molecule has 0 saturated heterocycles. The Hall–Kier alpha value is -2.80. The fourth-order valence-corrected chi connectivity index (χ4v) is 2.63. The Morgan fingerprint density at radius 2 is 2.09 bits per heavy atom. The molecule has 2 aromatic rings. The van der Waals surface area contributed by atoms with E-state index in [9.17, 15) is 4.79 Å². The molecule has 0 aliphatic heterocycles. The second-order valence-electron chi connectivity index (χ2n) is 5.74. The van der Waals surface area contributed by atoms with Gasteiger partial charge in [-0.05, 0) is 55.7 Å². The van der Waals surface area contributed by atoms with Gasteiger partial charge in [0.05, 0.1) is 23.9 Å². The Balaban J connectivity index is 1.73. The number of amides is 1. The number of hydrogen-bond donors (Lipinski definition) is 0. The first-order valence-electron chi connectivity index (χ1n) is 7.73. The van der Waals surface area contributed by atoms with E-state index in [2.05, 4.69) is 6.07 Å². The SMILES string of the molecule is C[C@H](c1ccco1)N(C(=O)/C=C\c1ccc(C#N)cc1)C1CC1. The van der Waals surface area contributed by atoms with Gasteiger partial charge in [-0.1, -0.05) is 12.1 Å². The number of benzene rings is 1. The van der Waals surface area contributed by atoms with Crippen molar-refractivity contribution in [3.05, 3.63) is 65.6 Å². The van der Waals surface area contributed by atoms with Gasteiger partial charge < -0.3 is 9.32 Å². The van der Waals surface area contributed by atoms with E-state index in [0.717, 1.165) is 24.2 Å². The number of furan rings is 1. The van der Waals surface area contributed by atoms with Crippen LogP contribution in [0.4, 0.5) is 0 Å².